The Morgan fingerprint density at radius 3 is 2.33 bits per heavy atom. The molecule has 1 aliphatic rings. The summed E-state index contributed by atoms with van der Waals surface area (Å²) >= 11 is 0. The molecule has 2 atom stereocenters. The first-order chi connectivity index (χ1) is 8.95. The van der Waals surface area contributed by atoms with Gasteiger partial charge in [0.2, 0.25) is 5.91 Å². The van der Waals surface area contributed by atoms with Gasteiger partial charge < -0.3 is 15.4 Å². The number of nitrogens with zero attached hydrogens (tertiary/aromatic N) is 1. The topological polar surface area (TPSA) is 89.7 Å². The van der Waals surface area contributed by atoms with Crippen molar-refractivity contribution in [3.8, 4) is 0 Å². The number of ether oxygens (including phenoxy) is 1. The van der Waals surface area contributed by atoms with Gasteiger partial charge in [0.25, 0.3) is 0 Å². The molecule has 8 heteroatoms. The maximum Gasteiger partial charge on any atom is 0.243 e. The van der Waals surface area contributed by atoms with Gasteiger partial charge in [0.15, 0.2) is 0 Å². The lowest BCUT2D eigenvalue weighted by atomic mass is 9.54. The van der Waals surface area contributed by atoms with Crippen molar-refractivity contribution in [3.63, 3.8) is 0 Å². The van der Waals surface area contributed by atoms with Gasteiger partial charge in [0, 0.05) is 38.3 Å². The van der Waals surface area contributed by atoms with Crippen LogP contribution < -0.4 is 5.73 Å². The van der Waals surface area contributed by atoms with Crippen molar-refractivity contribution >= 4 is 28.2 Å². The first kappa shape index (κ1) is 20.6. The van der Waals surface area contributed by atoms with Crippen molar-refractivity contribution in [2.75, 3.05) is 32.2 Å². The molecule has 1 fully saturated rings. The van der Waals surface area contributed by atoms with Crippen LogP contribution in [0.4, 0.5) is 0 Å². The first-order valence-electron chi connectivity index (χ1n) is 6.79. The Morgan fingerprint density at radius 1 is 1.43 bits per heavy atom. The van der Waals surface area contributed by atoms with Crippen molar-refractivity contribution < 1.29 is 17.9 Å². The molecule has 2 N–H and O–H groups in total. The van der Waals surface area contributed by atoms with Crippen LogP contribution in [-0.2, 0) is 19.4 Å². The van der Waals surface area contributed by atoms with Gasteiger partial charge in [0.1, 0.15) is 15.4 Å². The third-order valence-electron chi connectivity index (χ3n) is 4.36. The number of hydrogen-bond donors (Lipinski definition) is 1. The zero-order valence-electron chi connectivity index (χ0n) is 13.4. The lowest BCUT2D eigenvalue weighted by molar-refractivity contribution is -0.178. The summed E-state index contributed by atoms with van der Waals surface area (Å²) in [4.78, 5) is 13.9. The van der Waals surface area contributed by atoms with Crippen LogP contribution in [0.2, 0.25) is 0 Å². The Hall–Kier alpha value is -0.370. The molecule has 0 radical (unpaired) electrons. The van der Waals surface area contributed by atoms with Crippen LogP contribution in [0.5, 0.6) is 0 Å². The van der Waals surface area contributed by atoms with Crippen molar-refractivity contribution in [3.05, 3.63) is 0 Å². The average molecular weight is 343 g/mol. The number of carbonyl (C=O) groups is 1. The Kier molecular flexibility index (Phi) is 6.69. The number of hydrogen-bond acceptors (Lipinski definition) is 5. The largest absolute Gasteiger partial charge is 0.378 e. The minimum atomic E-state index is -3.09. The molecule has 1 rings (SSSR count). The molecule has 0 spiro atoms. The van der Waals surface area contributed by atoms with Gasteiger partial charge in [-0.15, -0.1) is 12.4 Å². The van der Waals surface area contributed by atoms with E-state index in [0.717, 1.165) is 6.26 Å². The lowest BCUT2D eigenvalue weighted by Crippen LogP contribution is -2.75. The molecule has 0 bridgehead atoms. The van der Waals surface area contributed by atoms with Crippen LogP contribution >= 0.6 is 12.4 Å². The van der Waals surface area contributed by atoms with E-state index >= 15 is 0 Å². The van der Waals surface area contributed by atoms with Crippen LogP contribution in [0.15, 0.2) is 0 Å². The summed E-state index contributed by atoms with van der Waals surface area (Å²) < 4.78 is 27.9. The number of rotatable bonds is 6. The molecule has 0 aromatic heterocycles. The van der Waals surface area contributed by atoms with E-state index in [2.05, 4.69) is 0 Å². The SMILES string of the molecule is CCOC1CC(N)(C(=O)N(C)CCS(C)(=O)=O)C1(C)C.Cl. The highest BCUT2D eigenvalue weighted by Gasteiger charge is 2.63. The molecule has 2 unspecified atom stereocenters. The smallest absolute Gasteiger partial charge is 0.243 e. The molecule has 1 saturated carbocycles. The quantitative estimate of drug-likeness (QED) is 0.756. The second-order valence-corrected chi connectivity index (χ2v) is 8.46. The fraction of sp³-hybridized carbons (Fsp3) is 0.923. The minimum Gasteiger partial charge on any atom is -0.378 e. The molecule has 1 aliphatic carbocycles. The number of nitrogens with two attached hydrogens (primary N) is 1. The minimum absolute atomic E-state index is 0. The molecular formula is C13H27ClN2O4S. The number of likely N-dealkylation sites (N-methyl/N-ethyl adjacent to an activating group) is 1. The standard InChI is InChI=1S/C13H26N2O4S.ClH/c1-6-19-10-9-13(14,12(10,2)3)11(16)15(4)7-8-20(5,17)18;/h10H,6-9,14H2,1-5H3;1H. The van der Waals surface area contributed by atoms with Crippen molar-refractivity contribution in [1.82, 2.24) is 4.90 Å². The average Bonchev–Trinajstić information content (AvgIpc) is 2.33. The Labute approximate surface area is 133 Å². The van der Waals surface area contributed by atoms with Gasteiger partial charge in [-0.05, 0) is 6.92 Å². The summed E-state index contributed by atoms with van der Waals surface area (Å²) in [7, 11) is -1.50. The fourth-order valence-corrected chi connectivity index (χ4v) is 3.15. The van der Waals surface area contributed by atoms with E-state index in [-0.39, 0.29) is 36.7 Å². The van der Waals surface area contributed by atoms with Crippen molar-refractivity contribution in [2.45, 2.75) is 38.8 Å². The summed E-state index contributed by atoms with van der Waals surface area (Å²) in [6.07, 6.45) is 1.59. The normalized spacial score (nSPS) is 27.4. The molecule has 1 amide bonds. The summed E-state index contributed by atoms with van der Waals surface area (Å²) in [5, 5.41) is 0. The van der Waals surface area contributed by atoms with Gasteiger partial charge in [-0.2, -0.15) is 0 Å². The summed E-state index contributed by atoms with van der Waals surface area (Å²) in [5.74, 6) is -0.275. The summed E-state index contributed by atoms with van der Waals surface area (Å²) in [6, 6.07) is 0. The molecule has 0 aromatic carbocycles. The third-order valence-corrected chi connectivity index (χ3v) is 5.28. The number of carbonyl (C=O) groups excluding carboxylic acids is 1. The monoisotopic (exact) mass is 342 g/mol. The van der Waals surface area contributed by atoms with E-state index in [0.29, 0.717) is 13.0 Å². The van der Waals surface area contributed by atoms with E-state index < -0.39 is 20.8 Å². The lowest BCUT2D eigenvalue weighted by Gasteiger charge is -2.58. The highest BCUT2D eigenvalue weighted by Crippen LogP contribution is 2.50. The molecule has 0 aliphatic heterocycles. The molecule has 21 heavy (non-hydrogen) atoms. The Bertz CT molecular complexity index is 481. The highest BCUT2D eigenvalue weighted by molar-refractivity contribution is 7.90. The Balaban J connectivity index is 0.00000400. The second kappa shape index (κ2) is 6.81. The predicted octanol–water partition coefficient (Wildman–Crippen LogP) is 0.444. The molecule has 0 heterocycles. The molecule has 0 saturated heterocycles. The molecular weight excluding hydrogens is 316 g/mol. The van der Waals surface area contributed by atoms with Gasteiger partial charge in [-0.3, -0.25) is 4.79 Å². The number of amides is 1. The van der Waals surface area contributed by atoms with Crippen molar-refractivity contribution in [2.24, 2.45) is 11.1 Å². The maximum absolute atomic E-state index is 12.5. The van der Waals surface area contributed by atoms with Gasteiger partial charge in [-0.25, -0.2) is 8.42 Å². The van der Waals surface area contributed by atoms with E-state index in [1.54, 1.807) is 7.05 Å². The Morgan fingerprint density at radius 2 is 1.95 bits per heavy atom. The zero-order valence-corrected chi connectivity index (χ0v) is 15.0. The third kappa shape index (κ3) is 4.09. The van der Waals surface area contributed by atoms with Gasteiger partial charge in [-0.1, -0.05) is 13.8 Å². The first-order valence-corrected chi connectivity index (χ1v) is 8.85. The van der Waals surface area contributed by atoms with E-state index in [1.165, 1.54) is 4.90 Å². The maximum atomic E-state index is 12.5. The molecule has 0 aromatic rings. The predicted molar refractivity (Wildman–Crippen MR) is 85.3 cm³/mol. The number of halogens is 1. The number of sulfone groups is 1. The van der Waals surface area contributed by atoms with Crippen LogP contribution in [0.25, 0.3) is 0 Å². The summed E-state index contributed by atoms with van der Waals surface area (Å²) in [6.45, 7) is 6.49. The van der Waals surface area contributed by atoms with E-state index in [9.17, 15) is 13.2 Å². The molecule has 6 nitrogen and oxygen atoms in total. The van der Waals surface area contributed by atoms with Crippen LogP contribution in [0.1, 0.15) is 27.2 Å². The van der Waals surface area contributed by atoms with E-state index in [4.69, 9.17) is 10.5 Å². The highest BCUT2D eigenvalue weighted by atomic mass is 35.5. The van der Waals surface area contributed by atoms with Gasteiger partial charge in [0.05, 0.1) is 11.9 Å². The van der Waals surface area contributed by atoms with Crippen LogP contribution in [0, 0.1) is 5.41 Å². The molecule has 126 valence electrons. The summed E-state index contributed by atoms with van der Waals surface area (Å²) in [5.41, 5.74) is 4.82. The van der Waals surface area contributed by atoms with Crippen LogP contribution in [0.3, 0.4) is 0 Å². The second-order valence-electron chi connectivity index (χ2n) is 6.20. The fourth-order valence-electron chi connectivity index (χ4n) is 2.54. The zero-order chi connectivity index (χ0) is 15.8. The van der Waals surface area contributed by atoms with E-state index in [1.807, 2.05) is 20.8 Å². The van der Waals surface area contributed by atoms with Crippen molar-refractivity contribution in [1.29, 1.82) is 0 Å². The van der Waals surface area contributed by atoms with Crippen LogP contribution in [-0.4, -0.2) is 63.1 Å². The van der Waals surface area contributed by atoms with Gasteiger partial charge >= 0.3 is 0 Å².